The number of benzene rings is 3. The van der Waals surface area contributed by atoms with Crippen LogP contribution in [0, 0.1) is 0 Å². The fraction of sp³-hybridized carbons (Fsp3) is 0. The Hall–Kier alpha value is -2.88. The summed E-state index contributed by atoms with van der Waals surface area (Å²) in [6.45, 7) is 0. The number of ketones is 1. The summed E-state index contributed by atoms with van der Waals surface area (Å²) in [5, 5.41) is 6.87. The topological polar surface area (TPSA) is 29.1 Å². The van der Waals surface area contributed by atoms with Gasteiger partial charge in [-0.05, 0) is 42.0 Å². The lowest BCUT2D eigenvalue weighted by Gasteiger charge is -2.10. The van der Waals surface area contributed by atoms with E-state index >= 15 is 0 Å². The fourth-order valence-corrected chi connectivity index (χ4v) is 4.02. The maximum absolute atomic E-state index is 13.3. The van der Waals surface area contributed by atoms with Gasteiger partial charge in [-0.15, -0.1) is 11.3 Å². The van der Waals surface area contributed by atoms with Gasteiger partial charge < -0.3 is 5.32 Å². The lowest BCUT2D eigenvalue weighted by atomic mass is 9.97. The van der Waals surface area contributed by atoms with Gasteiger partial charge in [-0.3, -0.25) is 4.79 Å². The number of halogens is 1. The first-order chi connectivity index (χ1) is 13.2. The van der Waals surface area contributed by atoms with Crippen molar-refractivity contribution in [2.45, 2.75) is 0 Å². The summed E-state index contributed by atoms with van der Waals surface area (Å²) in [5.74, 6) is -0.0230. The minimum atomic E-state index is -0.0230. The van der Waals surface area contributed by atoms with E-state index in [-0.39, 0.29) is 5.78 Å². The van der Waals surface area contributed by atoms with Gasteiger partial charge in [-0.2, -0.15) is 0 Å². The van der Waals surface area contributed by atoms with E-state index < -0.39 is 0 Å². The van der Waals surface area contributed by atoms with Crippen molar-refractivity contribution in [3.8, 4) is 11.1 Å². The van der Waals surface area contributed by atoms with Gasteiger partial charge in [0.1, 0.15) is 5.00 Å². The van der Waals surface area contributed by atoms with Crippen LogP contribution in [0.25, 0.3) is 11.1 Å². The summed E-state index contributed by atoms with van der Waals surface area (Å²) < 4.78 is 0. The molecule has 1 aromatic heterocycles. The molecule has 4 aromatic rings. The molecule has 4 heteroatoms. The molecule has 2 nitrogen and oxygen atoms in total. The summed E-state index contributed by atoms with van der Waals surface area (Å²) in [4.78, 5) is 13.3. The second-order valence-corrected chi connectivity index (χ2v) is 7.36. The van der Waals surface area contributed by atoms with E-state index in [1.54, 1.807) is 24.3 Å². The van der Waals surface area contributed by atoms with Crippen molar-refractivity contribution in [1.29, 1.82) is 0 Å². The molecule has 3 aromatic carbocycles. The molecule has 0 amide bonds. The highest BCUT2D eigenvalue weighted by molar-refractivity contribution is 7.15. The molecule has 0 unspecified atom stereocenters. The van der Waals surface area contributed by atoms with Crippen LogP contribution < -0.4 is 5.32 Å². The summed E-state index contributed by atoms with van der Waals surface area (Å²) >= 11 is 7.52. The molecule has 0 atom stereocenters. The van der Waals surface area contributed by atoms with Crippen molar-refractivity contribution in [3.63, 3.8) is 0 Å². The Morgan fingerprint density at radius 2 is 1.44 bits per heavy atom. The van der Waals surface area contributed by atoms with Crippen LogP contribution in [-0.2, 0) is 0 Å². The van der Waals surface area contributed by atoms with Gasteiger partial charge in [0.25, 0.3) is 0 Å². The average molecular weight is 390 g/mol. The highest BCUT2D eigenvalue weighted by Gasteiger charge is 2.21. The van der Waals surface area contributed by atoms with Gasteiger partial charge in [-0.25, -0.2) is 0 Å². The molecule has 0 aliphatic rings. The predicted molar refractivity (Wildman–Crippen MR) is 114 cm³/mol. The van der Waals surface area contributed by atoms with Crippen LogP contribution in [0.2, 0.25) is 5.02 Å². The third kappa shape index (κ3) is 3.80. The quantitative estimate of drug-likeness (QED) is 0.371. The Kier molecular flexibility index (Phi) is 5.05. The van der Waals surface area contributed by atoms with Crippen LogP contribution in [0.3, 0.4) is 0 Å². The average Bonchev–Trinajstić information content (AvgIpc) is 3.13. The van der Waals surface area contributed by atoms with Gasteiger partial charge in [0.15, 0.2) is 5.78 Å². The largest absolute Gasteiger partial charge is 0.347 e. The van der Waals surface area contributed by atoms with Crippen molar-refractivity contribution < 1.29 is 4.79 Å². The third-order valence-corrected chi connectivity index (χ3v) is 5.39. The van der Waals surface area contributed by atoms with Crippen molar-refractivity contribution >= 4 is 39.4 Å². The number of rotatable bonds is 5. The molecule has 0 spiro atoms. The highest BCUT2D eigenvalue weighted by Crippen LogP contribution is 2.38. The molecule has 4 rings (SSSR count). The smallest absolute Gasteiger partial charge is 0.196 e. The molecule has 0 aliphatic carbocycles. The molecular formula is C23H16ClNOS. The number of para-hydroxylation sites is 1. The second kappa shape index (κ2) is 7.78. The van der Waals surface area contributed by atoms with Crippen molar-refractivity contribution in [1.82, 2.24) is 0 Å². The van der Waals surface area contributed by atoms with E-state index in [1.165, 1.54) is 11.3 Å². The number of anilines is 2. The first-order valence-corrected chi connectivity index (χ1v) is 9.77. The Labute approximate surface area is 167 Å². The van der Waals surface area contributed by atoms with E-state index in [0.717, 1.165) is 21.8 Å². The number of nitrogens with one attached hydrogen (secondary N) is 1. The van der Waals surface area contributed by atoms with Crippen molar-refractivity contribution in [2.24, 2.45) is 0 Å². The van der Waals surface area contributed by atoms with E-state index in [9.17, 15) is 4.79 Å². The Balaban J connectivity index is 1.81. The fourth-order valence-electron chi connectivity index (χ4n) is 2.90. The van der Waals surface area contributed by atoms with Gasteiger partial charge in [-0.1, -0.05) is 60.1 Å². The molecule has 0 aliphatic heterocycles. The van der Waals surface area contributed by atoms with Crippen LogP contribution in [-0.4, -0.2) is 5.78 Å². The molecule has 27 heavy (non-hydrogen) atoms. The SMILES string of the molecule is O=C(c1ccc(Cl)cc1)c1c(-c2ccccc2)csc1Nc1ccccc1. The maximum Gasteiger partial charge on any atom is 0.196 e. The zero-order valence-electron chi connectivity index (χ0n) is 14.4. The molecule has 0 saturated heterocycles. The molecular weight excluding hydrogens is 374 g/mol. The van der Waals surface area contributed by atoms with E-state index in [2.05, 4.69) is 5.32 Å². The van der Waals surface area contributed by atoms with E-state index in [0.29, 0.717) is 16.1 Å². The third-order valence-electron chi connectivity index (χ3n) is 4.24. The first kappa shape index (κ1) is 17.5. The van der Waals surface area contributed by atoms with E-state index in [1.807, 2.05) is 66.0 Å². The number of hydrogen-bond donors (Lipinski definition) is 1. The summed E-state index contributed by atoms with van der Waals surface area (Å²) in [6, 6.07) is 26.9. The Morgan fingerprint density at radius 1 is 0.815 bits per heavy atom. The number of carbonyl (C=O) groups is 1. The molecule has 1 heterocycles. The standard InChI is InChI=1S/C23H16ClNOS/c24-18-13-11-17(12-14-18)22(26)21-20(16-7-3-1-4-8-16)15-27-23(21)25-19-9-5-2-6-10-19/h1-15,25H. The summed E-state index contributed by atoms with van der Waals surface area (Å²) in [5.41, 5.74) is 4.19. The van der Waals surface area contributed by atoms with Crippen LogP contribution in [0.15, 0.2) is 90.3 Å². The minimum Gasteiger partial charge on any atom is -0.347 e. The Morgan fingerprint density at radius 3 is 2.11 bits per heavy atom. The zero-order valence-corrected chi connectivity index (χ0v) is 15.9. The summed E-state index contributed by atoms with van der Waals surface area (Å²) in [7, 11) is 0. The molecule has 132 valence electrons. The lowest BCUT2D eigenvalue weighted by Crippen LogP contribution is -2.04. The monoisotopic (exact) mass is 389 g/mol. The van der Waals surface area contributed by atoms with E-state index in [4.69, 9.17) is 11.6 Å². The van der Waals surface area contributed by atoms with Crippen molar-refractivity contribution in [3.05, 3.63) is 106 Å². The van der Waals surface area contributed by atoms with Gasteiger partial charge in [0.05, 0.1) is 5.56 Å². The maximum atomic E-state index is 13.3. The Bertz CT molecular complexity index is 1060. The molecule has 0 saturated carbocycles. The predicted octanol–water partition coefficient (Wildman–Crippen LogP) is 7.04. The molecule has 1 N–H and O–H groups in total. The van der Waals surface area contributed by atoms with Crippen LogP contribution in [0.1, 0.15) is 15.9 Å². The molecule has 0 bridgehead atoms. The summed E-state index contributed by atoms with van der Waals surface area (Å²) in [6.07, 6.45) is 0. The molecule has 0 fully saturated rings. The van der Waals surface area contributed by atoms with Gasteiger partial charge in [0.2, 0.25) is 0 Å². The normalized spacial score (nSPS) is 10.6. The van der Waals surface area contributed by atoms with Crippen LogP contribution in [0.4, 0.5) is 10.7 Å². The lowest BCUT2D eigenvalue weighted by molar-refractivity contribution is 0.104. The first-order valence-electron chi connectivity index (χ1n) is 8.51. The number of carbonyl (C=O) groups excluding carboxylic acids is 1. The van der Waals surface area contributed by atoms with Crippen LogP contribution >= 0.6 is 22.9 Å². The van der Waals surface area contributed by atoms with Gasteiger partial charge in [0, 0.05) is 27.2 Å². The van der Waals surface area contributed by atoms with Gasteiger partial charge >= 0.3 is 0 Å². The van der Waals surface area contributed by atoms with Crippen molar-refractivity contribution in [2.75, 3.05) is 5.32 Å². The van der Waals surface area contributed by atoms with Crippen LogP contribution in [0.5, 0.6) is 0 Å². The highest BCUT2D eigenvalue weighted by atomic mass is 35.5. The second-order valence-electron chi connectivity index (χ2n) is 6.05. The zero-order chi connectivity index (χ0) is 18.6. The minimum absolute atomic E-state index is 0.0230. The number of hydrogen-bond acceptors (Lipinski definition) is 3. The molecule has 0 radical (unpaired) electrons. The number of thiophene rings is 1.